The van der Waals surface area contributed by atoms with Crippen LogP contribution in [0.4, 0.5) is 5.82 Å². The lowest BCUT2D eigenvalue weighted by Gasteiger charge is -2.24. The molecule has 1 aliphatic rings. The summed E-state index contributed by atoms with van der Waals surface area (Å²) in [6.07, 6.45) is 4.77. The molecule has 3 aromatic rings. The Labute approximate surface area is 174 Å². The first-order valence-corrected chi connectivity index (χ1v) is 9.60. The van der Waals surface area contributed by atoms with Crippen molar-refractivity contribution in [1.29, 1.82) is 0 Å². The van der Waals surface area contributed by atoms with Crippen LogP contribution in [-0.4, -0.2) is 26.8 Å². The van der Waals surface area contributed by atoms with Gasteiger partial charge in [-0.3, -0.25) is 19.5 Å². The predicted molar refractivity (Wildman–Crippen MR) is 114 cm³/mol. The summed E-state index contributed by atoms with van der Waals surface area (Å²) in [5.74, 6) is -1.32. The van der Waals surface area contributed by atoms with E-state index in [0.29, 0.717) is 16.9 Å². The van der Waals surface area contributed by atoms with Crippen molar-refractivity contribution in [3.63, 3.8) is 0 Å². The molecule has 0 spiro atoms. The molecule has 6 heteroatoms. The van der Waals surface area contributed by atoms with Crippen LogP contribution in [0.25, 0.3) is 5.76 Å². The second-order valence-corrected chi connectivity index (χ2v) is 7.42. The molecular weight excluding hydrogens is 378 g/mol. The molecule has 0 aliphatic carbocycles. The zero-order valence-electron chi connectivity index (χ0n) is 17.0. The van der Waals surface area contributed by atoms with Crippen LogP contribution >= 0.6 is 0 Å². The molecule has 1 saturated heterocycles. The van der Waals surface area contributed by atoms with E-state index in [4.69, 9.17) is 0 Å². The molecular formula is C24H21N3O3. The Kier molecular flexibility index (Phi) is 4.91. The fraction of sp³-hybridized carbons (Fsp3) is 0.167. The third-order valence-electron chi connectivity index (χ3n) is 5.25. The minimum atomic E-state index is -0.825. The number of ketones is 1. The van der Waals surface area contributed by atoms with E-state index in [2.05, 4.69) is 9.97 Å². The Bertz CT molecular complexity index is 1150. The zero-order valence-corrected chi connectivity index (χ0v) is 17.0. The van der Waals surface area contributed by atoms with Crippen LogP contribution in [0.3, 0.4) is 0 Å². The smallest absolute Gasteiger partial charge is 0.301 e. The van der Waals surface area contributed by atoms with E-state index in [1.54, 1.807) is 48.9 Å². The monoisotopic (exact) mass is 399 g/mol. The molecule has 0 saturated carbocycles. The first-order valence-electron chi connectivity index (χ1n) is 9.60. The average molecular weight is 399 g/mol. The number of anilines is 1. The van der Waals surface area contributed by atoms with Gasteiger partial charge < -0.3 is 5.11 Å². The van der Waals surface area contributed by atoms with Crippen LogP contribution < -0.4 is 4.90 Å². The molecule has 1 aromatic carbocycles. The standard InChI is InChI=1S/C24H21N3O3/c1-14-11-15(2)19(16(3)12-14)22(28)20-21(17-7-6-9-25-13-17)27(24(30)23(20)29)18-8-4-5-10-26-18/h4-13,21,28H,1-3H3/b22-20+. The van der Waals surface area contributed by atoms with Crippen molar-refractivity contribution in [1.82, 2.24) is 9.97 Å². The van der Waals surface area contributed by atoms with Gasteiger partial charge in [-0.2, -0.15) is 0 Å². The first-order chi connectivity index (χ1) is 14.4. The van der Waals surface area contributed by atoms with E-state index in [-0.39, 0.29) is 11.3 Å². The van der Waals surface area contributed by atoms with Crippen molar-refractivity contribution < 1.29 is 14.7 Å². The van der Waals surface area contributed by atoms with Gasteiger partial charge in [-0.25, -0.2) is 4.98 Å². The molecule has 1 aliphatic heterocycles. The highest BCUT2D eigenvalue weighted by Gasteiger charge is 2.47. The summed E-state index contributed by atoms with van der Waals surface area (Å²) in [5.41, 5.74) is 3.94. The summed E-state index contributed by atoms with van der Waals surface area (Å²) in [5, 5.41) is 11.3. The number of Topliss-reactive ketones (excluding diaryl/α,β-unsaturated/α-hetero) is 1. The fourth-order valence-electron chi connectivity index (χ4n) is 4.11. The van der Waals surface area contributed by atoms with Gasteiger partial charge in [0.25, 0.3) is 5.78 Å². The molecule has 6 nitrogen and oxygen atoms in total. The number of carbonyl (C=O) groups is 2. The molecule has 0 bridgehead atoms. The average Bonchev–Trinajstić information content (AvgIpc) is 2.99. The summed E-state index contributed by atoms with van der Waals surface area (Å²) < 4.78 is 0. The number of aliphatic hydroxyl groups is 1. The van der Waals surface area contributed by atoms with E-state index >= 15 is 0 Å². The zero-order chi connectivity index (χ0) is 21.4. The summed E-state index contributed by atoms with van der Waals surface area (Å²) in [6.45, 7) is 5.73. The first kappa shape index (κ1) is 19.5. The Morgan fingerprint density at radius 1 is 1.00 bits per heavy atom. The number of pyridine rings is 2. The number of aliphatic hydroxyl groups excluding tert-OH is 1. The number of nitrogens with zero attached hydrogens (tertiary/aromatic N) is 3. The summed E-state index contributed by atoms with van der Waals surface area (Å²) in [4.78, 5) is 35.9. The van der Waals surface area contributed by atoms with Gasteiger partial charge in [-0.05, 0) is 55.7 Å². The lowest BCUT2D eigenvalue weighted by Crippen LogP contribution is -2.30. The molecule has 0 radical (unpaired) electrons. The highest BCUT2D eigenvalue weighted by Crippen LogP contribution is 2.42. The van der Waals surface area contributed by atoms with Crippen molar-refractivity contribution in [2.75, 3.05) is 4.90 Å². The van der Waals surface area contributed by atoms with Gasteiger partial charge in [0.05, 0.1) is 11.6 Å². The maximum atomic E-state index is 13.1. The van der Waals surface area contributed by atoms with Crippen molar-refractivity contribution in [2.45, 2.75) is 26.8 Å². The van der Waals surface area contributed by atoms with Crippen LogP contribution in [0.1, 0.15) is 33.9 Å². The molecule has 1 N–H and O–H groups in total. The molecule has 3 heterocycles. The number of amides is 1. The fourth-order valence-corrected chi connectivity index (χ4v) is 4.11. The van der Waals surface area contributed by atoms with Gasteiger partial charge in [0.1, 0.15) is 11.6 Å². The molecule has 1 amide bonds. The largest absolute Gasteiger partial charge is 0.507 e. The highest BCUT2D eigenvalue weighted by atomic mass is 16.3. The quantitative estimate of drug-likeness (QED) is 0.408. The van der Waals surface area contributed by atoms with E-state index in [9.17, 15) is 14.7 Å². The Balaban J connectivity index is 1.99. The summed E-state index contributed by atoms with van der Waals surface area (Å²) >= 11 is 0. The van der Waals surface area contributed by atoms with Crippen LogP contribution in [0.2, 0.25) is 0 Å². The number of hydrogen-bond acceptors (Lipinski definition) is 5. The maximum absolute atomic E-state index is 13.1. The topological polar surface area (TPSA) is 83.4 Å². The molecule has 1 fully saturated rings. The van der Waals surface area contributed by atoms with E-state index in [1.807, 2.05) is 32.9 Å². The highest BCUT2D eigenvalue weighted by molar-refractivity contribution is 6.51. The van der Waals surface area contributed by atoms with Gasteiger partial charge in [-0.15, -0.1) is 0 Å². The molecule has 4 rings (SSSR count). The van der Waals surface area contributed by atoms with Crippen molar-refractivity contribution in [3.8, 4) is 0 Å². The van der Waals surface area contributed by atoms with Crippen LogP contribution in [-0.2, 0) is 9.59 Å². The second kappa shape index (κ2) is 7.55. The van der Waals surface area contributed by atoms with Gasteiger partial charge in [0.15, 0.2) is 0 Å². The molecule has 2 aromatic heterocycles. The molecule has 30 heavy (non-hydrogen) atoms. The Morgan fingerprint density at radius 3 is 2.33 bits per heavy atom. The number of carbonyl (C=O) groups excluding carboxylic acids is 2. The number of aromatic nitrogens is 2. The molecule has 1 atom stereocenters. The number of hydrogen-bond donors (Lipinski definition) is 1. The predicted octanol–water partition coefficient (Wildman–Crippen LogP) is 4.03. The van der Waals surface area contributed by atoms with Crippen LogP contribution in [0.15, 0.2) is 66.6 Å². The minimum absolute atomic E-state index is 0.0358. The Morgan fingerprint density at radius 2 is 1.73 bits per heavy atom. The number of benzene rings is 1. The maximum Gasteiger partial charge on any atom is 0.301 e. The normalized spacial score (nSPS) is 18.1. The molecule has 1 unspecified atom stereocenters. The third-order valence-corrected chi connectivity index (χ3v) is 5.25. The molecule has 150 valence electrons. The lowest BCUT2D eigenvalue weighted by molar-refractivity contribution is -0.132. The summed E-state index contributed by atoms with van der Waals surface area (Å²) in [7, 11) is 0. The lowest BCUT2D eigenvalue weighted by atomic mass is 9.91. The van der Waals surface area contributed by atoms with Gasteiger partial charge in [-0.1, -0.05) is 29.8 Å². The van der Waals surface area contributed by atoms with Crippen molar-refractivity contribution >= 4 is 23.3 Å². The van der Waals surface area contributed by atoms with Crippen LogP contribution in [0.5, 0.6) is 0 Å². The van der Waals surface area contributed by atoms with Crippen molar-refractivity contribution in [3.05, 3.63) is 94.4 Å². The summed E-state index contributed by atoms with van der Waals surface area (Å²) in [6, 6.07) is 11.7. The SMILES string of the molecule is Cc1cc(C)c(/C(O)=C2\C(=O)C(=O)N(c3ccccn3)C2c2cccnc2)c(C)c1. The minimum Gasteiger partial charge on any atom is -0.507 e. The van der Waals surface area contributed by atoms with Gasteiger partial charge in [0, 0.05) is 24.2 Å². The third kappa shape index (κ3) is 3.16. The van der Waals surface area contributed by atoms with E-state index < -0.39 is 17.7 Å². The second-order valence-electron chi connectivity index (χ2n) is 7.42. The van der Waals surface area contributed by atoms with Gasteiger partial charge >= 0.3 is 5.91 Å². The van der Waals surface area contributed by atoms with Crippen molar-refractivity contribution in [2.24, 2.45) is 0 Å². The van der Waals surface area contributed by atoms with Gasteiger partial charge in [0.2, 0.25) is 0 Å². The Hall–Kier alpha value is -3.80. The number of aryl methyl sites for hydroxylation is 3. The van der Waals surface area contributed by atoms with E-state index in [0.717, 1.165) is 16.7 Å². The van der Waals surface area contributed by atoms with Crippen LogP contribution in [0, 0.1) is 20.8 Å². The van der Waals surface area contributed by atoms with E-state index in [1.165, 1.54) is 4.90 Å². The number of rotatable bonds is 3.